The fourth-order valence-corrected chi connectivity index (χ4v) is 0.572. The molecule has 3 nitrogen and oxygen atoms in total. The van der Waals surface area contributed by atoms with Gasteiger partial charge >= 0.3 is 6.09 Å². The lowest BCUT2D eigenvalue weighted by molar-refractivity contribution is 0.0533. The highest BCUT2D eigenvalue weighted by molar-refractivity contribution is 5.68. The molecule has 0 aliphatic carbocycles. The quantitative estimate of drug-likeness (QED) is 0.549. The van der Waals surface area contributed by atoms with E-state index in [-0.39, 0.29) is 0 Å². The summed E-state index contributed by atoms with van der Waals surface area (Å²) in [4.78, 5) is 11.1. The van der Waals surface area contributed by atoms with Gasteiger partial charge in [-0.15, -0.1) is 6.58 Å². The highest BCUT2D eigenvalue weighted by Gasteiger charge is 2.15. The average Bonchev–Trinajstić information content (AvgIpc) is 2.39. The SMILES string of the molecule is C=CC.C=CC(=C)CNC(=O)OC(C)(C)C.CC.CC. The van der Waals surface area contributed by atoms with Gasteiger partial charge in [-0.1, -0.05) is 53.0 Å². The summed E-state index contributed by atoms with van der Waals surface area (Å²) in [6, 6.07) is 0. The first-order chi connectivity index (χ1) is 9.26. The van der Waals surface area contributed by atoms with E-state index in [2.05, 4.69) is 25.1 Å². The minimum atomic E-state index is -0.459. The van der Waals surface area contributed by atoms with Gasteiger partial charge in [-0.2, -0.15) is 0 Å². The smallest absolute Gasteiger partial charge is 0.407 e. The van der Waals surface area contributed by atoms with Crippen molar-refractivity contribution in [2.75, 3.05) is 6.54 Å². The van der Waals surface area contributed by atoms with E-state index < -0.39 is 11.7 Å². The number of rotatable bonds is 3. The van der Waals surface area contributed by atoms with Gasteiger partial charge in [-0.25, -0.2) is 4.79 Å². The second-order valence-electron chi connectivity index (χ2n) is 4.13. The summed E-state index contributed by atoms with van der Waals surface area (Å²) in [6.45, 7) is 26.2. The molecule has 0 spiro atoms. The van der Waals surface area contributed by atoms with E-state index in [0.29, 0.717) is 6.54 Å². The summed E-state index contributed by atoms with van der Waals surface area (Å²) in [6.07, 6.45) is 2.91. The predicted molar refractivity (Wildman–Crippen MR) is 92.1 cm³/mol. The maximum absolute atomic E-state index is 11.1. The van der Waals surface area contributed by atoms with E-state index in [1.807, 2.05) is 55.4 Å². The molecule has 1 N–H and O–H groups in total. The van der Waals surface area contributed by atoms with Gasteiger partial charge < -0.3 is 10.1 Å². The normalized spacial score (nSPS) is 8.00. The molecule has 0 aromatic carbocycles. The van der Waals surface area contributed by atoms with E-state index in [1.54, 1.807) is 12.2 Å². The molecule has 0 radical (unpaired) electrons. The molecule has 0 saturated heterocycles. The van der Waals surface area contributed by atoms with Gasteiger partial charge in [0.05, 0.1) is 0 Å². The molecule has 3 heteroatoms. The lowest BCUT2D eigenvalue weighted by Crippen LogP contribution is -2.33. The van der Waals surface area contributed by atoms with E-state index in [1.165, 1.54) is 0 Å². The molecule has 0 heterocycles. The topological polar surface area (TPSA) is 38.3 Å². The van der Waals surface area contributed by atoms with Crippen LogP contribution in [0.4, 0.5) is 4.79 Å². The first-order valence-corrected chi connectivity index (χ1v) is 7.11. The minimum absolute atomic E-state index is 0.373. The Kier molecular flexibility index (Phi) is 26.7. The van der Waals surface area contributed by atoms with E-state index in [0.717, 1.165) is 5.57 Å². The fourth-order valence-electron chi connectivity index (χ4n) is 0.572. The van der Waals surface area contributed by atoms with Gasteiger partial charge in [0.1, 0.15) is 5.60 Å². The van der Waals surface area contributed by atoms with Crippen LogP contribution in [0.2, 0.25) is 0 Å². The summed E-state index contributed by atoms with van der Waals surface area (Å²) < 4.78 is 5.01. The molecule has 0 aliphatic rings. The number of carbonyl (C=O) groups is 1. The van der Waals surface area contributed by atoms with Crippen molar-refractivity contribution < 1.29 is 9.53 Å². The van der Waals surface area contributed by atoms with Crippen molar-refractivity contribution in [2.24, 2.45) is 0 Å². The zero-order chi connectivity index (χ0) is 17.2. The van der Waals surface area contributed by atoms with Crippen LogP contribution < -0.4 is 5.32 Å². The Hall–Kier alpha value is -1.51. The Morgan fingerprint density at radius 2 is 1.50 bits per heavy atom. The van der Waals surface area contributed by atoms with E-state index in [4.69, 9.17) is 4.74 Å². The molecule has 0 rings (SSSR count). The Labute approximate surface area is 126 Å². The maximum Gasteiger partial charge on any atom is 0.407 e. The third-order valence-corrected chi connectivity index (χ3v) is 1.15. The maximum atomic E-state index is 11.1. The summed E-state index contributed by atoms with van der Waals surface area (Å²) >= 11 is 0. The Balaban J connectivity index is -0.000000155. The van der Waals surface area contributed by atoms with Gasteiger partial charge in [0.15, 0.2) is 0 Å². The van der Waals surface area contributed by atoms with Gasteiger partial charge in [-0.3, -0.25) is 0 Å². The first kappa shape index (κ1) is 26.9. The Morgan fingerprint density at radius 3 is 1.75 bits per heavy atom. The second kappa shape index (κ2) is 19.8. The van der Waals surface area contributed by atoms with Crippen molar-refractivity contribution in [1.29, 1.82) is 0 Å². The van der Waals surface area contributed by atoms with Gasteiger partial charge in [0.2, 0.25) is 0 Å². The van der Waals surface area contributed by atoms with Crippen molar-refractivity contribution in [3.05, 3.63) is 37.5 Å². The number of hydrogen-bond donors (Lipinski definition) is 1. The first-order valence-electron chi connectivity index (χ1n) is 7.11. The molecule has 0 aliphatic heterocycles. The molecule has 120 valence electrons. The van der Waals surface area contributed by atoms with Gasteiger partial charge in [0.25, 0.3) is 0 Å². The van der Waals surface area contributed by atoms with Crippen molar-refractivity contribution in [3.8, 4) is 0 Å². The molecular formula is C17H35NO2. The van der Waals surface area contributed by atoms with Crippen molar-refractivity contribution >= 4 is 6.09 Å². The lowest BCUT2D eigenvalue weighted by atomic mass is 10.2. The van der Waals surface area contributed by atoms with Crippen LogP contribution in [0.1, 0.15) is 55.4 Å². The van der Waals surface area contributed by atoms with Crippen LogP contribution >= 0.6 is 0 Å². The van der Waals surface area contributed by atoms with E-state index in [9.17, 15) is 4.79 Å². The predicted octanol–water partition coefficient (Wildman–Crippen LogP) is 5.50. The summed E-state index contributed by atoms with van der Waals surface area (Å²) in [5, 5.41) is 2.56. The monoisotopic (exact) mass is 285 g/mol. The van der Waals surface area contributed by atoms with Crippen LogP contribution in [0.15, 0.2) is 37.5 Å². The molecule has 0 saturated carbocycles. The summed E-state index contributed by atoms with van der Waals surface area (Å²) in [5.41, 5.74) is 0.297. The Bertz CT molecular complexity index is 250. The summed E-state index contributed by atoms with van der Waals surface area (Å²) in [5.74, 6) is 0. The molecule has 0 unspecified atom stereocenters. The lowest BCUT2D eigenvalue weighted by Gasteiger charge is -2.19. The van der Waals surface area contributed by atoms with Crippen LogP contribution in [-0.2, 0) is 4.74 Å². The van der Waals surface area contributed by atoms with Crippen molar-refractivity contribution in [3.63, 3.8) is 0 Å². The zero-order valence-corrected chi connectivity index (χ0v) is 14.8. The molecular weight excluding hydrogens is 250 g/mol. The average molecular weight is 285 g/mol. The molecule has 0 aromatic heterocycles. The molecule has 0 bridgehead atoms. The minimum Gasteiger partial charge on any atom is -0.444 e. The van der Waals surface area contributed by atoms with Crippen LogP contribution in [0.25, 0.3) is 0 Å². The largest absolute Gasteiger partial charge is 0.444 e. The number of allylic oxidation sites excluding steroid dienone is 1. The van der Waals surface area contributed by atoms with Gasteiger partial charge in [0, 0.05) is 6.54 Å². The Morgan fingerprint density at radius 1 is 1.15 bits per heavy atom. The third kappa shape index (κ3) is 36.0. The number of hydrogen-bond acceptors (Lipinski definition) is 2. The highest BCUT2D eigenvalue weighted by atomic mass is 16.6. The van der Waals surface area contributed by atoms with Crippen molar-refractivity contribution in [2.45, 2.75) is 61.0 Å². The zero-order valence-electron chi connectivity index (χ0n) is 14.8. The number of nitrogens with one attached hydrogen (secondary N) is 1. The molecule has 0 aromatic rings. The number of amides is 1. The van der Waals surface area contributed by atoms with Crippen LogP contribution in [-0.4, -0.2) is 18.2 Å². The standard InChI is InChI=1S/C10H17NO2.C3H6.2C2H6/c1-6-8(2)7-11-9(12)13-10(3,4)5;1-3-2;2*1-2/h6H,1-2,7H2,3-5H3,(H,11,12);3H,1H2,2H3;2*1-2H3. The molecule has 1 amide bonds. The summed E-state index contributed by atoms with van der Waals surface area (Å²) in [7, 11) is 0. The third-order valence-electron chi connectivity index (χ3n) is 1.15. The molecule has 0 fully saturated rings. The number of ether oxygens (including phenoxy) is 1. The van der Waals surface area contributed by atoms with Crippen molar-refractivity contribution in [1.82, 2.24) is 5.32 Å². The van der Waals surface area contributed by atoms with Gasteiger partial charge in [-0.05, 0) is 33.3 Å². The van der Waals surface area contributed by atoms with Crippen LogP contribution in [0.3, 0.4) is 0 Å². The molecule has 0 atom stereocenters. The number of alkyl carbamates (subject to hydrolysis) is 1. The fraction of sp³-hybridized carbons (Fsp3) is 0.588. The van der Waals surface area contributed by atoms with Crippen LogP contribution in [0, 0.1) is 0 Å². The van der Waals surface area contributed by atoms with E-state index >= 15 is 0 Å². The highest BCUT2D eigenvalue weighted by Crippen LogP contribution is 2.06. The second-order valence-corrected chi connectivity index (χ2v) is 4.13. The van der Waals surface area contributed by atoms with Crippen LogP contribution in [0.5, 0.6) is 0 Å². The molecule has 20 heavy (non-hydrogen) atoms. The number of carbonyl (C=O) groups excluding carboxylic acids is 1.